The number of nitrogens with one attached hydrogen (secondary N) is 1. The highest BCUT2D eigenvalue weighted by molar-refractivity contribution is 5.95. The third-order valence-electron chi connectivity index (χ3n) is 4.97. The molecule has 1 aromatic carbocycles. The minimum Gasteiger partial charge on any atom is -0.388 e. The van der Waals surface area contributed by atoms with Crippen LogP contribution in [0.25, 0.3) is 16.9 Å². The lowest BCUT2D eigenvalue weighted by molar-refractivity contribution is -0.137. The number of benzene rings is 1. The van der Waals surface area contributed by atoms with Crippen molar-refractivity contribution in [2.24, 2.45) is 7.05 Å². The molecule has 2 N–H and O–H groups in total. The monoisotopic (exact) mass is 449 g/mol. The van der Waals surface area contributed by atoms with Crippen LogP contribution in [0, 0.1) is 0 Å². The fraction of sp³-hybridized carbons (Fsp3) is 0.300. The van der Waals surface area contributed by atoms with Gasteiger partial charge in [-0.25, -0.2) is 0 Å². The minimum absolute atomic E-state index is 0.0536. The molecule has 32 heavy (non-hydrogen) atoms. The Balaban J connectivity index is 1.79. The van der Waals surface area contributed by atoms with Crippen LogP contribution in [0.5, 0.6) is 0 Å². The van der Waals surface area contributed by atoms with E-state index in [2.05, 4.69) is 15.5 Å². The Kier molecular flexibility index (Phi) is 5.57. The lowest BCUT2D eigenvalue weighted by Gasteiger charge is -2.15. The molecule has 0 bridgehead atoms. The number of hydrogen-bond acceptors (Lipinski definition) is 6. The number of hydrogen-bond donors (Lipinski definition) is 2. The van der Waals surface area contributed by atoms with Crippen molar-refractivity contribution in [1.82, 2.24) is 24.9 Å². The van der Waals surface area contributed by atoms with E-state index in [9.17, 15) is 27.9 Å². The summed E-state index contributed by atoms with van der Waals surface area (Å²) in [6.45, 7) is 0.137. The van der Waals surface area contributed by atoms with E-state index in [1.165, 1.54) is 35.3 Å². The van der Waals surface area contributed by atoms with Crippen LogP contribution in [0.3, 0.4) is 0 Å². The largest absolute Gasteiger partial charge is 0.416 e. The van der Waals surface area contributed by atoms with E-state index in [0.717, 1.165) is 16.8 Å². The highest BCUT2D eigenvalue weighted by Crippen LogP contribution is 2.30. The first-order valence-corrected chi connectivity index (χ1v) is 9.51. The molecule has 1 fully saturated rings. The summed E-state index contributed by atoms with van der Waals surface area (Å²) in [5.74, 6) is -0.766. The van der Waals surface area contributed by atoms with Gasteiger partial charge < -0.3 is 15.2 Å². The normalized spacial score (nSPS) is 18.7. The van der Waals surface area contributed by atoms with Gasteiger partial charge in [0.05, 0.1) is 49.0 Å². The molecular weight excluding hydrogens is 431 g/mol. The third-order valence-corrected chi connectivity index (χ3v) is 4.97. The topological polar surface area (TPSA) is 111 Å². The zero-order valence-corrected chi connectivity index (χ0v) is 16.7. The van der Waals surface area contributed by atoms with Gasteiger partial charge in [0.1, 0.15) is 11.3 Å². The number of halogens is 3. The number of alkyl halides is 3. The van der Waals surface area contributed by atoms with Crippen LogP contribution >= 0.6 is 0 Å². The van der Waals surface area contributed by atoms with Crippen LogP contribution in [-0.4, -0.2) is 55.9 Å². The van der Waals surface area contributed by atoms with Gasteiger partial charge in [-0.15, -0.1) is 0 Å². The summed E-state index contributed by atoms with van der Waals surface area (Å²) in [6, 6.07) is 4.70. The molecule has 0 aliphatic carbocycles. The van der Waals surface area contributed by atoms with Gasteiger partial charge in [0, 0.05) is 12.6 Å². The van der Waals surface area contributed by atoms with Crippen LogP contribution in [0.4, 0.5) is 13.2 Å². The summed E-state index contributed by atoms with van der Waals surface area (Å²) in [6.07, 6.45) is -2.56. The van der Waals surface area contributed by atoms with Crippen molar-refractivity contribution in [3.63, 3.8) is 0 Å². The second-order valence-corrected chi connectivity index (χ2v) is 7.29. The molecule has 4 rings (SSSR count). The fourth-order valence-electron chi connectivity index (χ4n) is 3.25. The molecule has 2 aromatic heterocycles. The van der Waals surface area contributed by atoms with Crippen molar-refractivity contribution in [1.29, 1.82) is 0 Å². The summed E-state index contributed by atoms with van der Waals surface area (Å²) < 4.78 is 46.2. The van der Waals surface area contributed by atoms with Gasteiger partial charge >= 0.3 is 6.18 Å². The average Bonchev–Trinajstić information content (AvgIpc) is 3.35. The quantitative estimate of drug-likeness (QED) is 0.618. The van der Waals surface area contributed by atoms with Gasteiger partial charge in [-0.3, -0.25) is 14.3 Å². The molecule has 1 aliphatic heterocycles. The number of nitrogens with zero attached hydrogens (tertiary/aromatic N) is 4. The van der Waals surface area contributed by atoms with Crippen LogP contribution in [0.2, 0.25) is 0 Å². The number of carbonyl (C=O) groups excluding carboxylic acids is 1. The van der Waals surface area contributed by atoms with Crippen LogP contribution in [0.15, 0.2) is 47.5 Å². The van der Waals surface area contributed by atoms with Crippen molar-refractivity contribution in [3.8, 4) is 16.9 Å². The maximum atomic E-state index is 13.0. The Bertz CT molecular complexity index is 1200. The second kappa shape index (κ2) is 8.20. The van der Waals surface area contributed by atoms with Crippen LogP contribution < -0.4 is 10.9 Å². The predicted octanol–water partition coefficient (Wildman–Crippen LogP) is 1.14. The highest BCUT2D eigenvalue weighted by atomic mass is 19.4. The summed E-state index contributed by atoms with van der Waals surface area (Å²) in [5, 5.41) is 20.6. The summed E-state index contributed by atoms with van der Waals surface area (Å²) in [5.41, 5.74) is -1.23. The van der Waals surface area contributed by atoms with Gasteiger partial charge in [0.25, 0.3) is 11.5 Å². The second-order valence-electron chi connectivity index (χ2n) is 7.29. The minimum atomic E-state index is -4.50. The van der Waals surface area contributed by atoms with Gasteiger partial charge in [0.2, 0.25) is 0 Å². The molecule has 2 unspecified atom stereocenters. The SMILES string of the molecule is Cn1cc(-n2nc(-c3ccc(C(F)(F)F)cc3)cc(C(=O)NC3COCC3O)c2=O)cn1. The Hall–Kier alpha value is -3.51. The molecule has 0 saturated carbocycles. The fourth-order valence-corrected chi connectivity index (χ4v) is 3.25. The first kappa shape index (κ1) is 21.7. The molecule has 1 amide bonds. The summed E-state index contributed by atoms with van der Waals surface area (Å²) in [7, 11) is 1.63. The molecule has 1 saturated heterocycles. The molecular formula is C20H18F3N5O4. The number of aromatic nitrogens is 4. The number of amides is 1. The third kappa shape index (κ3) is 4.27. The van der Waals surface area contributed by atoms with Gasteiger partial charge in [-0.05, 0) is 18.2 Å². The lowest BCUT2D eigenvalue weighted by Crippen LogP contribution is -2.44. The van der Waals surface area contributed by atoms with E-state index in [1.54, 1.807) is 7.05 Å². The maximum Gasteiger partial charge on any atom is 0.416 e. The number of aliphatic hydroxyl groups excluding tert-OH is 1. The Labute approximate surface area is 179 Å². The van der Waals surface area contributed by atoms with Crippen molar-refractivity contribution in [2.45, 2.75) is 18.3 Å². The molecule has 168 valence electrons. The standard InChI is InChI=1S/C20H18F3N5O4/c1-27-8-13(7-24-27)28-19(31)14(18(30)25-16-9-32-10-17(16)29)6-15(26-28)11-2-4-12(5-3-11)20(21,22)23/h2-8,16-17,29H,9-10H2,1H3,(H,25,30). The predicted molar refractivity (Wildman–Crippen MR) is 105 cm³/mol. The zero-order chi connectivity index (χ0) is 23.0. The zero-order valence-electron chi connectivity index (χ0n) is 16.7. The molecule has 9 nitrogen and oxygen atoms in total. The van der Waals surface area contributed by atoms with Crippen molar-refractivity contribution < 1.29 is 27.8 Å². The van der Waals surface area contributed by atoms with Crippen molar-refractivity contribution in [3.05, 3.63) is 64.2 Å². The number of rotatable bonds is 4. The highest BCUT2D eigenvalue weighted by Gasteiger charge is 2.31. The van der Waals surface area contributed by atoms with Gasteiger partial charge in [0.15, 0.2) is 0 Å². The first-order chi connectivity index (χ1) is 15.1. The Morgan fingerprint density at radius 1 is 1.25 bits per heavy atom. The van der Waals surface area contributed by atoms with E-state index in [1.807, 2.05) is 0 Å². The Morgan fingerprint density at radius 3 is 2.53 bits per heavy atom. The van der Waals surface area contributed by atoms with Gasteiger partial charge in [-0.2, -0.15) is 28.1 Å². The molecule has 12 heteroatoms. The maximum absolute atomic E-state index is 13.0. The van der Waals surface area contributed by atoms with E-state index in [0.29, 0.717) is 0 Å². The molecule has 3 heterocycles. The number of ether oxygens (including phenoxy) is 1. The Morgan fingerprint density at radius 2 is 1.97 bits per heavy atom. The molecule has 3 aromatic rings. The van der Waals surface area contributed by atoms with E-state index < -0.39 is 35.4 Å². The first-order valence-electron chi connectivity index (χ1n) is 9.51. The van der Waals surface area contributed by atoms with Crippen LogP contribution in [-0.2, 0) is 18.0 Å². The number of aliphatic hydroxyl groups is 1. The molecule has 0 spiro atoms. The number of aryl methyl sites for hydroxylation is 1. The van der Waals surface area contributed by atoms with Crippen molar-refractivity contribution in [2.75, 3.05) is 13.2 Å². The lowest BCUT2D eigenvalue weighted by atomic mass is 10.1. The molecule has 2 atom stereocenters. The van der Waals surface area contributed by atoms with Gasteiger partial charge in [-0.1, -0.05) is 12.1 Å². The molecule has 0 radical (unpaired) electrons. The smallest absolute Gasteiger partial charge is 0.388 e. The van der Waals surface area contributed by atoms with E-state index >= 15 is 0 Å². The summed E-state index contributed by atoms with van der Waals surface area (Å²) in [4.78, 5) is 25.8. The average molecular weight is 449 g/mol. The van der Waals surface area contributed by atoms with Crippen LogP contribution in [0.1, 0.15) is 15.9 Å². The molecule has 1 aliphatic rings. The van der Waals surface area contributed by atoms with E-state index in [-0.39, 0.29) is 35.7 Å². The van der Waals surface area contributed by atoms with E-state index in [4.69, 9.17) is 4.74 Å². The number of carbonyl (C=O) groups is 1. The van der Waals surface area contributed by atoms with Crippen molar-refractivity contribution >= 4 is 5.91 Å². The summed E-state index contributed by atoms with van der Waals surface area (Å²) >= 11 is 0.